The summed E-state index contributed by atoms with van der Waals surface area (Å²) in [5.74, 6) is 0.0998. The number of anilines is 2. The Labute approximate surface area is 136 Å². The minimum absolute atomic E-state index is 0.0998. The average molecular weight is 304 g/mol. The van der Waals surface area contributed by atoms with Crippen molar-refractivity contribution in [1.29, 1.82) is 0 Å². The van der Waals surface area contributed by atoms with Crippen LogP contribution in [0.25, 0.3) is 12.2 Å². The number of nitrogens with two attached hydrogens (primary N) is 2. The van der Waals surface area contributed by atoms with Crippen LogP contribution in [0.5, 0.6) is 0 Å². The topological polar surface area (TPSA) is 69.1 Å². The van der Waals surface area contributed by atoms with E-state index in [0.29, 0.717) is 11.4 Å². The van der Waals surface area contributed by atoms with E-state index in [9.17, 15) is 4.79 Å². The van der Waals surface area contributed by atoms with Gasteiger partial charge in [0.25, 0.3) is 0 Å². The Morgan fingerprint density at radius 1 is 0.739 bits per heavy atom. The van der Waals surface area contributed by atoms with E-state index in [0.717, 1.165) is 41.5 Å². The third-order valence-corrected chi connectivity index (χ3v) is 4.13. The Balaban J connectivity index is 1.93. The van der Waals surface area contributed by atoms with Gasteiger partial charge in [0.2, 0.25) is 0 Å². The maximum Gasteiger partial charge on any atom is 0.185 e. The van der Waals surface area contributed by atoms with Crippen LogP contribution in [0, 0.1) is 0 Å². The first-order valence-electron chi connectivity index (χ1n) is 7.80. The fraction of sp³-hybridized carbons (Fsp3) is 0.150. The number of hydrogen-bond acceptors (Lipinski definition) is 3. The highest BCUT2D eigenvalue weighted by Gasteiger charge is 2.20. The summed E-state index contributed by atoms with van der Waals surface area (Å²) in [6, 6.07) is 15.2. The Hall–Kier alpha value is -2.81. The summed E-state index contributed by atoms with van der Waals surface area (Å²) in [6.07, 6.45) is 6.37. The van der Waals surface area contributed by atoms with Crippen LogP contribution in [0.15, 0.2) is 59.7 Å². The number of nitrogen functional groups attached to an aromatic ring is 2. The van der Waals surface area contributed by atoms with Gasteiger partial charge in [0.05, 0.1) is 0 Å². The normalized spacial score (nSPS) is 18.5. The number of Topliss-reactive ketones (excluding diaryl/α,β-unsaturated/α-hetero) is 1. The fourth-order valence-corrected chi connectivity index (χ4v) is 2.84. The van der Waals surface area contributed by atoms with Crippen molar-refractivity contribution >= 4 is 29.3 Å². The van der Waals surface area contributed by atoms with Crippen molar-refractivity contribution in [3.63, 3.8) is 0 Å². The van der Waals surface area contributed by atoms with Crippen molar-refractivity contribution in [3.8, 4) is 0 Å². The Morgan fingerprint density at radius 3 is 1.61 bits per heavy atom. The summed E-state index contributed by atoms with van der Waals surface area (Å²) in [7, 11) is 0. The molecule has 3 heteroatoms. The van der Waals surface area contributed by atoms with Gasteiger partial charge in [-0.2, -0.15) is 0 Å². The fourth-order valence-electron chi connectivity index (χ4n) is 2.84. The zero-order chi connectivity index (χ0) is 16.2. The molecule has 0 bridgehead atoms. The van der Waals surface area contributed by atoms with Gasteiger partial charge < -0.3 is 11.5 Å². The lowest BCUT2D eigenvalue weighted by molar-refractivity contribution is -0.112. The van der Waals surface area contributed by atoms with Crippen molar-refractivity contribution < 1.29 is 4.79 Å². The Morgan fingerprint density at radius 2 is 1.17 bits per heavy atom. The first-order valence-corrected chi connectivity index (χ1v) is 7.80. The first-order chi connectivity index (χ1) is 11.1. The lowest BCUT2D eigenvalue weighted by Crippen LogP contribution is -2.12. The van der Waals surface area contributed by atoms with E-state index in [-0.39, 0.29) is 5.78 Å². The SMILES string of the molecule is Nc1ccccc1C=C1CCCC(=Cc2ccccc2N)C1=O. The number of hydrogen-bond donors (Lipinski definition) is 2. The largest absolute Gasteiger partial charge is 0.398 e. The number of carbonyl (C=O) groups is 1. The molecule has 0 aromatic heterocycles. The van der Waals surface area contributed by atoms with E-state index in [1.54, 1.807) is 0 Å². The molecule has 0 unspecified atom stereocenters. The molecule has 1 fully saturated rings. The van der Waals surface area contributed by atoms with Crippen molar-refractivity contribution in [2.45, 2.75) is 19.3 Å². The molecule has 0 saturated heterocycles. The molecule has 0 aliphatic heterocycles. The molecule has 4 N–H and O–H groups in total. The Bertz CT molecular complexity index is 737. The number of benzene rings is 2. The molecule has 116 valence electrons. The minimum atomic E-state index is 0.0998. The van der Waals surface area contributed by atoms with E-state index in [2.05, 4.69) is 0 Å². The third-order valence-electron chi connectivity index (χ3n) is 4.13. The van der Waals surface area contributed by atoms with Gasteiger partial charge in [0.1, 0.15) is 0 Å². The van der Waals surface area contributed by atoms with Gasteiger partial charge in [-0.1, -0.05) is 36.4 Å². The van der Waals surface area contributed by atoms with Gasteiger partial charge in [-0.15, -0.1) is 0 Å². The Kier molecular flexibility index (Phi) is 4.29. The highest BCUT2D eigenvalue weighted by molar-refractivity contribution is 6.14. The molecule has 3 rings (SSSR count). The number of rotatable bonds is 2. The van der Waals surface area contributed by atoms with Crippen molar-refractivity contribution in [3.05, 3.63) is 70.8 Å². The van der Waals surface area contributed by atoms with Crippen LogP contribution >= 0.6 is 0 Å². The summed E-state index contributed by atoms with van der Waals surface area (Å²) < 4.78 is 0. The minimum Gasteiger partial charge on any atom is -0.398 e. The quantitative estimate of drug-likeness (QED) is 0.649. The van der Waals surface area contributed by atoms with Crippen molar-refractivity contribution in [1.82, 2.24) is 0 Å². The van der Waals surface area contributed by atoms with Gasteiger partial charge >= 0.3 is 0 Å². The summed E-state index contributed by atoms with van der Waals surface area (Å²) in [4.78, 5) is 12.7. The summed E-state index contributed by atoms with van der Waals surface area (Å²) >= 11 is 0. The lowest BCUT2D eigenvalue weighted by Gasteiger charge is -2.17. The van der Waals surface area contributed by atoms with E-state index in [4.69, 9.17) is 11.5 Å². The highest BCUT2D eigenvalue weighted by atomic mass is 16.1. The molecule has 0 atom stereocenters. The average Bonchev–Trinajstić information content (AvgIpc) is 2.55. The second-order valence-electron chi connectivity index (χ2n) is 5.78. The van der Waals surface area contributed by atoms with Crippen LogP contribution in [0.1, 0.15) is 30.4 Å². The standard InChI is InChI=1S/C20H20N2O/c21-18-10-3-1-6-14(18)12-16-8-5-9-17(20(16)23)13-15-7-2-4-11-19(15)22/h1-4,6-7,10-13H,5,8-9,21-22H2. The van der Waals surface area contributed by atoms with E-state index >= 15 is 0 Å². The molecular formula is C20H20N2O. The molecule has 1 saturated carbocycles. The second kappa shape index (κ2) is 6.53. The first kappa shape index (κ1) is 15.1. The molecule has 0 spiro atoms. The molecule has 23 heavy (non-hydrogen) atoms. The number of carbonyl (C=O) groups excluding carboxylic acids is 1. The van der Waals surface area contributed by atoms with E-state index in [1.165, 1.54) is 0 Å². The molecule has 2 aromatic rings. The van der Waals surface area contributed by atoms with Gasteiger partial charge in [0, 0.05) is 22.5 Å². The van der Waals surface area contributed by atoms with Crippen LogP contribution in [0.2, 0.25) is 0 Å². The third kappa shape index (κ3) is 3.34. The summed E-state index contributed by atoms with van der Waals surface area (Å²) in [5, 5.41) is 0. The molecule has 0 amide bonds. The predicted octanol–water partition coefficient (Wildman–Crippen LogP) is 4.07. The molecule has 2 aromatic carbocycles. The van der Waals surface area contributed by atoms with Crippen LogP contribution in [0.4, 0.5) is 11.4 Å². The monoisotopic (exact) mass is 304 g/mol. The van der Waals surface area contributed by atoms with Crippen LogP contribution in [-0.2, 0) is 4.79 Å². The van der Waals surface area contributed by atoms with Crippen LogP contribution < -0.4 is 11.5 Å². The smallest absolute Gasteiger partial charge is 0.185 e. The van der Waals surface area contributed by atoms with Crippen molar-refractivity contribution in [2.75, 3.05) is 11.5 Å². The van der Waals surface area contributed by atoms with E-state index < -0.39 is 0 Å². The maximum atomic E-state index is 12.7. The van der Waals surface area contributed by atoms with Gasteiger partial charge in [0.15, 0.2) is 5.78 Å². The lowest BCUT2D eigenvalue weighted by atomic mass is 9.86. The van der Waals surface area contributed by atoms with Gasteiger partial charge in [-0.05, 0) is 54.7 Å². The van der Waals surface area contributed by atoms with Crippen molar-refractivity contribution in [2.24, 2.45) is 0 Å². The molecule has 1 aliphatic carbocycles. The molecule has 1 aliphatic rings. The molecular weight excluding hydrogens is 284 g/mol. The number of ketones is 1. The zero-order valence-electron chi connectivity index (χ0n) is 13.0. The second-order valence-corrected chi connectivity index (χ2v) is 5.78. The summed E-state index contributed by atoms with van der Waals surface area (Å²) in [6.45, 7) is 0. The van der Waals surface area contributed by atoms with Gasteiger partial charge in [-0.25, -0.2) is 0 Å². The molecule has 3 nitrogen and oxygen atoms in total. The molecule has 0 heterocycles. The highest BCUT2D eigenvalue weighted by Crippen LogP contribution is 2.29. The van der Waals surface area contributed by atoms with E-state index in [1.807, 2.05) is 60.7 Å². The molecule has 0 radical (unpaired) electrons. The zero-order valence-corrected chi connectivity index (χ0v) is 13.0. The summed E-state index contributed by atoms with van der Waals surface area (Å²) in [5.41, 5.74) is 16.8. The number of allylic oxidation sites excluding steroid dienone is 2. The van der Waals surface area contributed by atoms with Crippen LogP contribution in [0.3, 0.4) is 0 Å². The predicted molar refractivity (Wildman–Crippen MR) is 96.5 cm³/mol. The van der Waals surface area contributed by atoms with Crippen LogP contribution in [-0.4, -0.2) is 5.78 Å². The maximum absolute atomic E-state index is 12.7. The number of para-hydroxylation sites is 2. The van der Waals surface area contributed by atoms with Gasteiger partial charge in [-0.3, -0.25) is 4.79 Å².